The number of carbonyl (C=O) groups is 1. The number of ether oxygens (including phenoxy) is 1. The Hall–Kier alpha value is -1.63. The second-order valence-corrected chi connectivity index (χ2v) is 3.37. The Kier molecular flexibility index (Phi) is 2.55. The number of hydrogen-bond donors (Lipinski definition) is 0. The molecule has 1 N–H and O–H groups in total. The molecule has 15 heavy (non-hydrogen) atoms. The third kappa shape index (κ3) is 2.07. The average Bonchev–Trinajstić information content (AvgIpc) is 2.65. The van der Waals surface area contributed by atoms with Gasteiger partial charge in [0.25, 0.3) is 6.20 Å². The minimum Gasteiger partial charge on any atom is -0.660 e. The molecule has 1 saturated heterocycles. The van der Waals surface area contributed by atoms with Gasteiger partial charge in [0.2, 0.25) is 5.27 Å². The van der Waals surface area contributed by atoms with E-state index in [1.807, 2.05) is 0 Å². The number of Topliss-reactive ketones (excluding diaryl/α,β-unsaturated/α-hetero) is 1. The molecule has 1 aromatic heterocycles. The van der Waals surface area contributed by atoms with Crippen molar-refractivity contribution in [3.8, 4) is 0 Å². The molecule has 1 aliphatic heterocycles. The van der Waals surface area contributed by atoms with Crippen LogP contribution in [0.2, 0.25) is 0 Å². The predicted octanol–water partition coefficient (Wildman–Crippen LogP) is -0.428. The van der Waals surface area contributed by atoms with E-state index < -0.39 is 6.10 Å². The van der Waals surface area contributed by atoms with Crippen LogP contribution in [0, 0.1) is 0 Å². The largest absolute Gasteiger partial charge is 0.660 e. The van der Waals surface area contributed by atoms with Crippen molar-refractivity contribution in [2.45, 2.75) is 13.0 Å². The van der Waals surface area contributed by atoms with E-state index in [9.17, 15) is 4.79 Å². The van der Waals surface area contributed by atoms with Gasteiger partial charge < -0.3 is 15.0 Å². The summed E-state index contributed by atoms with van der Waals surface area (Å²) in [5, 5.41) is 5.45. The normalized spacial score (nSPS) is 21.7. The molecule has 1 unspecified atom stereocenters. The van der Waals surface area contributed by atoms with Gasteiger partial charge in [-0.25, -0.2) is 0 Å². The summed E-state index contributed by atoms with van der Waals surface area (Å²) in [5.41, 5.74) is 7.19. The smallest absolute Gasteiger partial charge is 0.256 e. The quantitative estimate of drug-likeness (QED) is 0.621. The summed E-state index contributed by atoms with van der Waals surface area (Å²) < 4.78 is 9.91. The molecule has 0 amide bonds. The minimum atomic E-state index is -0.419. The van der Waals surface area contributed by atoms with Crippen LogP contribution in [0.5, 0.6) is 0 Å². The number of carbonyl (C=O) groups excluding carboxylic acids is 1. The maximum atomic E-state index is 11.1. The highest BCUT2D eigenvalue weighted by molar-refractivity contribution is 5.81. The molecular weight excluding hydrogens is 200 g/mol. The lowest BCUT2D eigenvalue weighted by Gasteiger charge is -2.25. The van der Waals surface area contributed by atoms with Crippen LogP contribution >= 0.6 is 0 Å². The summed E-state index contributed by atoms with van der Waals surface area (Å²) in [6.07, 6.45) is 1.03. The minimum absolute atomic E-state index is 0.00473. The van der Waals surface area contributed by atoms with E-state index >= 15 is 0 Å². The highest BCUT2D eigenvalue weighted by Gasteiger charge is 2.29. The molecule has 1 atom stereocenters. The average molecular weight is 212 g/mol. The van der Waals surface area contributed by atoms with Gasteiger partial charge in [0.1, 0.15) is 18.5 Å². The van der Waals surface area contributed by atoms with Gasteiger partial charge in [0.15, 0.2) is 5.78 Å². The van der Waals surface area contributed by atoms with E-state index in [1.54, 1.807) is 5.01 Å². The first-order valence-corrected chi connectivity index (χ1v) is 4.64. The summed E-state index contributed by atoms with van der Waals surface area (Å²) in [6.45, 7) is 3.03. The fraction of sp³-hybridized carbons (Fsp3) is 0.625. The first-order valence-electron chi connectivity index (χ1n) is 4.64. The number of nitrogens with zero attached hydrogens (tertiary/aromatic N) is 3. The number of morpholine rings is 1. The van der Waals surface area contributed by atoms with Crippen molar-refractivity contribution in [1.29, 1.82) is 0 Å². The second-order valence-electron chi connectivity index (χ2n) is 3.37. The molecule has 7 nitrogen and oxygen atoms in total. The fourth-order valence-corrected chi connectivity index (χ4v) is 1.44. The molecule has 0 aromatic carbocycles. The van der Waals surface area contributed by atoms with E-state index in [1.165, 1.54) is 17.9 Å². The number of ketones is 1. The molecule has 1 fully saturated rings. The molecule has 0 spiro atoms. The van der Waals surface area contributed by atoms with Crippen LogP contribution in [0.15, 0.2) is 10.7 Å². The Bertz CT molecular complexity index is 365. The molecule has 2 heterocycles. The van der Waals surface area contributed by atoms with Gasteiger partial charge in [-0.05, 0) is 6.92 Å². The maximum Gasteiger partial charge on any atom is 0.256 e. The zero-order valence-electron chi connectivity index (χ0n) is 8.34. The van der Waals surface area contributed by atoms with Crippen molar-refractivity contribution in [2.24, 2.45) is 0 Å². The number of nitrogens with one attached hydrogen (secondary N) is 1. The molecular formula is C8H12N4O3. The first kappa shape index (κ1) is 9.91. The van der Waals surface area contributed by atoms with E-state index in [2.05, 4.69) is 9.79 Å². The Morgan fingerprint density at radius 2 is 2.60 bits per heavy atom. The number of aromatic nitrogens is 2. The van der Waals surface area contributed by atoms with Crippen molar-refractivity contribution < 1.29 is 18.8 Å². The Morgan fingerprint density at radius 3 is 3.20 bits per heavy atom. The third-order valence-corrected chi connectivity index (χ3v) is 2.24. The fourth-order valence-electron chi connectivity index (χ4n) is 1.44. The zero-order valence-corrected chi connectivity index (χ0v) is 8.34. The third-order valence-electron chi connectivity index (χ3n) is 2.24. The predicted molar refractivity (Wildman–Crippen MR) is 49.1 cm³/mol. The number of hydrogen-bond acceptors (Lipinski definition) is 5. The number of rotatable bonds is 2. The van der Waals surface area contributed by atoms with Gasteiger partial charge in [0.05, 0.1) is 17.9 Å². The highest BCUT2D eigenvalue weighted by Crippen LogP contribution is 2.05. The molecule has 0 saturated carbocycles. The Balaban J connectivity index is 2.07. The maximum absolute atomic E-state index is 11.1. The van der Waals surface area contributed by atoms with Crippen LogP contribution in [0.1, 0.15) is 6.92 Å². The molecule has 1 aliphatic rings. The van der Waals surface area contributed by atoms with E-state index in [4.69, 9.17) is 10.5 Å². The van der Waals surface area contributed by atoms with Crippen molar-refractivity contribution in [3.05, 3.63) is 11.9 Å². The second kappa shape index (κ2) is 3.85. The standard InChI is InChI=1S/C8H12N4O3/c1-6(13)7-4-11(2-3-14-7)12-5-8(9)15-10-12/h5,7H,2-4H2,1H3,(H-,9,10). The highest BCUT2D eigenvalue weighted by atomic mass is 16.5. The summed E-state index contributed by atoms with van der Waals surface area (Å²) in [7, 11) is 0. The molecule has 0 radical (unpaired) electrons. The molecule has 7 heteroatoms. The molecule has 0 aliphatic carbocycles. The topological polar surface area (TPSA) is 83.3 Å². The summed E-state index contributed by atoms with van der Waals surface area (Å²) in [4.78, 5) is 12.6. The molecule has 1 aromatic rings. The summed E-state index contributed by atoms with van der Waals surface area (Å²) in [6, 6.07) is 0. The van der Waals surface area contributed by atoms with E-state index in [0.29, 0.717) is 19.7 Å². The first-order chi connectivity index (χ1) is 7.16. The summed E-state index contributed by atoms with van der Waals surface area (Å²) >= 11 is 0. The van der Waals surface area contributed by atoms with Crippen molar-refractivity contribution >= 4 is 11.7 Å². The van der Waals surface area contributed by atoms with Crippen molar-refractivity contribution in [2.75, 3.05) is 24.7 Å². The lowest BCUT2D eigenvalue weighted by Crippen LogP contribution is -2.65. The van der Waals surface area contributed by atoms with Gasteiger partial charge in [-0.1, -0.05) is 0 Å². The Morgan fingerprint density at radius 1 is 1.80 bits per heavy atom. The summed E-state index contributed by atoms with van der Waals surface area (Å²) in [5.74, 6) is -0.0178. The van der Waals surface area contributed by atoms with Crippen LogP contribution < -0.4 is 9.80 Å². The van der Waals surface area contributed by atoms with Crippen LogP contribution in [0.3, 0.4) is 0 Å². The Labute approximate surface area is 86.3 Å². The van der Waals surface area contributed by atoms with Crippen molar-refractivity contribution in [3.63, 3.8) is 0 Å². The zero-order chi connectivity index (χ0) is 10.8. The van der Waals surface area contributed by atoms with E-state index in [-0.39, 0.29) is 11.7 Å². The van der Waals surface area contributed by atoms with Gasteiger partial charge in [-0.15, -0.1) is 5.01 Å². The molecule has 2 rings (SSSR count). The molecule has 0 bridgehead atoms. The lowest BCUT2D eigenvalue weighted by molar-refractivity contribution is -0.760. The van der Waals surface area contributed by atoms with Crippen molar-refractivity contribution in [1.82, 2.24) is 5.27 Å². The van der Waals surface area contributed by atoms with Gasteiger partial charge >= 0.3 is 0 Å². The monoisotopic (exact) mass is 212 g/mol. The van der Waals surface area contributed by atoms with E-state index in [0.717, 1.165) is 0 Å². The van der Waals surface area contributed by atoms with Gasteiger partial charge in [-0.2, -0.15) is 0 Å². The van der Waals surface area contributed by atoms with Crippen LogP contribution in [-0.2, 0) is 9.53 Å². The molecule has 82 valence electrons. The van der Waals surface area contributed by atoms with Gasteiger partial charge in [-0.3, -0.25) is 4.79 Å². The van der Waals surface area contributed by atoms with Crippen LogP contribution in [-0.4, -0.2) is 36.9 Å². The van der Waals surface area contributed by atoms with Gasteiger partial charge in [0, 0.05) is 0 Å². The lowest BCUT2D eigenvalue weighted by atomic mass is 10.2. The van der Waals surface area contributed by atoms with Crippen LogP contribution in [0.25, 0.3) is 5.73 Å². The SMILES string of the molecule is CC(=O)C1CN([n+]2cc([NH-])on2)CCO1. The van der Waals surface area contributed by atoms with Crippen LogP contribution in [0.4, 0.5) is 5.88 Å².